The second kappa shape index (κ2) is 8.79. The first-order valence-corrected chi connectivity index (χ1v) is 8.27. The lowest BCUT2D eigenvalue weighted by molar-refractivity contribution is -0.141. The highest BCUT2D eigenvalue weighted by Gasteiger charge is 2.34. The van der Waals surface area contributed by atoms with E-state index in [0.29, 0.717) is 13.0 Å². The second-order valence-corrected chi connectivity index (χ2v) is 6.14. The van der Waals surface area contributed by atoms with Crippen LogP contribution in [0.5, 0.6) is 0 Å². The SMILES string of the molecule is CC(C)[C@@H](CO)Nc1nc(NCCc2ccccn2)cc(C(F)(F)F)n1. The zero-order chi connectivity index (χ0) is 19.2. The third-order valence-corrected chi connectivity index (χ3v) is 3.75. The molecule has 1 atom stereocenters. The van der Waals surface area contributed by atoms with E-state index < -0.39 is 17.9 Å². The lowest BCUT2D eigenvalue weighted by Crippen LogP contribution is -2.31. The molecular weight excluding hydrogens is 347 g/mol. The van der Waals surface area contributed by atoms with E-state index in [9.17, 15) is 18.3 Å². The second-order valence-electron chi connectivity index (χ2n) is 6.14. The molecule has 0 radical (unpaired) electrons. The Labute approximate surface area is 149 Å². The maximum Gasteiger partial charge on any atom is 0.433 e. The molecule has 2 heterocycles. The van der Waals surface area contributed by atoms with Crippen LogP contribution in [-0.4, -0.2) is 39.3 Å². The normalized spacial score (nSPS) is 12.9. The van der Waals surface area contributed by atoms with Gasteiger partial charge in [0.25, 0.3) is 0 Å². The minimum atomic E-state index is -4.59. The predicted molar refractivity (Wildman–Crippen MR) is 92.8 cm³/mol. The zero-order valence-corrected chi connectivity index (χ0v) is 14.6. The van der Waals surface area contributed by atoms with E-state index in [0.717, 1.165) is 11.8 Å². The predicted octanol–water partition coefficient (Wildman–Crippen LogP) is 2.97. The number of hydrogen-bond donors (Lipinski definition) is 3. The fourth-order valence-corrected chi connectivity index (χ4v) is 2.20. The Morgan fingerprint density at radius 2 is 1.96 bits per heavy atom. The molecule has 0 saturated carbocycles. The van der Waals surface area contributed by atoms with Crippen LogP contribution in [0.1, 0.15) is 25.2 Å². The van der Waals surface area contributed by atoms with Crippen molar-refractivity contribution in [3.8, 4) is 0 Å². The number of nitrogens with one attached hydrogen (secondary N) is 2. The summed E-state index contributed by atoms with van der Waals surface area (Å²) in [6.45, 7) is 3.82. The molecule has 142 valence electrons. The van der Waals surface area contributed by atoms with Gasteiger partial charge in [-0.15, -0.1) is 0 Å². The average Bonchev–Trinajstić information content (AvgIpc) is 2.59. The van der Waals surface area contributed by atoms with Crippen LogP contribution in [-0.2, 0) is 12.6 Å². The Balaban J connectivity index is 2.14. The standard InChI is InChI=1S/C17H22F3N5O/c1-11(2)13(10-26)23-16-24-14(17(18,19)20)9-15(25-16)22-8-6-12-5-3-4-7-21-12/h3-5,7,9,11,13,26H,6,8,10H2,1-2H3,(H2,22,23,24,25)/t13-/m1/s1. The molecule has 2 rings (SSSR count). The van der Waals surface area contributed by atoms with Crippen molar-refractivity contribution in [1.29, 1.82) is 0 Å². The molecule has 0 spiro atoms. The molecule has 2 aromatic rings. The molecule has 3 N–H and O–H groups in total. The van der Waals surface area contributed by atoms with Crippen molar-refractivity contribution < 1.29 is 18.3 Å². The first-order valence-electron chi connectivity index (χ1n) is 8.27. The lowest BCUT2D eigenvalue weighted by atomic mass is 10.1. The Hall–Kier alpha value is -2.42. The molecule has 0 saturated heterocycles. The van der Waals surface area contributed by atoms with Crippen molar-refractivity contribution in [3.05, 3.63) is 41.9 Å². The number of aliphatic hydroxyl groups is 1. The van der Waals surface area contributed by atoms with E-state index in [1.807, 2.05) is 26.0 Å². The molecule has 0 fully saturated rings. The third kappa shape index (κ3) is 5.83. The molecule has 0 unspecified atom stereocenters. The molecule has 0 amide bonds. The Bertz CT molecular complexity index is 695. The number of alkyl halides is 3. The van der Waals surface area contributed by atoms with Gasteiger partial charge in [-0.3, -0.25) is 4.98 Å². The van der Waals surface area contributed by atoms with Crippen LogP contribution in [0.3, 0.4) is 0 Å². The van der Waals surface area contributed by atoms with Crippen molar-refractivity contribution in [2.45, 2.75) is 32.5 Å². The van der Waals surface area contributed by atoms with Gasteiger partial charge in [-0.25, -0.2) is 4.98 Å². The van der Waals surface area contributed by atoms with Crippen molar-refractivity contribution >= 4 is 11.8 Å². The molecule has 0 aliphatic rings. The number of aliphatic hydroxyl groups excluding tert-OH is 1. The van der Waals surface area contributed by atoms with Gasteiger partial charge in [0.05, 0.1) is 12.6 Å². The number of halogens is 3. The van der Waals surface area contributed by atoms with E-state index in [2.05, 4.69) is 25.6 Å². The summed E-state index contributed by atoms with van der Waals surface area (Å²) in [5.41, 5.74) is -0.223. The summed E-state index contributed by atoms with van der Waals surface area (Å²) in [4.78, 5) is 11.8. The van der Waals surface area contributed by atoms with Crippen LogP contribution >= 0.6 is 0 Å². The van der Waals surface area contributed by atoms with Gasteiger partial charge in [0.15, 0.2) is 5.69 Å². The maximum atomic E-state index is 13.1. The molecule has 0 aromatic carbocycles. The van der Waals surface area contributed by atoms with Gasteiger partial charge in [-0.2, -0.15) is 18.2 Å². The van der Waals surface area contributed by atoms with Crippen LogP contribution in [0.25, 0.3) is 0 Å². The van der Waals surface area contributed by atoms with E-state index >= 15 is 0 Å². The molecule has 9 heteroatoms. The first kappa shape index (κ1) is 19.9. The van der Waals surface area contributed by atoms with Gasteiger partial charge in [0, 0.05) is 30.9 Å². The first-order chi connectivity index (χ1) is 12.3. The largest absolute Gasteiger partial charge is 0.433 e. The minimum Gasteiger partial charge on any atom is -0.394 e. The Morgan fingerprint density at radius 3 is 2.54 bits per heavy atom. The fourth-order valence-electron chi connectivity index (χ4n) is 2.20. The summed E-state index contributed by atoms with van der Waals surface area (Å²) in [7, 11) is 0. The molecule has 0 bridgehead atoms. The van der Waals surface area contributed by atoms with Crippen molar-refractivity contribution in [1.82, 2.24) is 15.0 Å². The highest BCUT2D eigenvalue weighted by atomic mass is 19.4. The van der Waals surface area contributed by atoms with Crippen LogP contribution in [0.15, 0.2) is 30.5 Å². The molecule has 6 nitrogen and oxygen atoms in total. The van der Waals surface area contributed by atoms with Gasteiger partial charge in [0.1, 0.15) is 5.82 Å². The smallest absolute Gasteiger partial charge is 0.394 e. The molecule has 0 aliphatic carbocycles. The summed E-state index contributed by atoms with van der Waals surface area (Å²) in [5.74, 6) is -0.113. The van der Waals surface area contributed by atoms with Gasteiger partial charge < -0.3 is 15.7 Å². The number of nitrogens with zero attached hydrogens (tertiary/aromatic N) is 3. The molecule has 26 heavy (non-hydrogen) atoms. The molecule has 0 aliphatic heterocycles. The summed E-state index contributed by atoms with van der Waals surface area (Å²) >= 11 is 0. The average molecular weight is 369 g/mol. The van der Waals surface area contributed by atoms with Gasteiger partial charge in [-0.05, 0) is 18.1 Å². The van der Waals surface area contributed by atoms with E-state index in [1.54, 1.807) is 12.3 Å². The number of rotatable bonds is 8. The van der Waals surface area contributed by atoms with Crippen LogP contribution in [0, 0.1) is 5.92 Å². The highest BCUT2D eigenvalue weighted by Crippen LogP contribution is 2.30. The van der Waals surface area contributed by atoms with Crippen molar-refractivity contribution in [2.24, 2.45) is 5.92 Å². The highest BCUT2D eigenvalue weighted by molar-refractivity contribution is 5.43. The number of pyridine rings is 1. The fraction of sp³-hybridized carbons (Fsp3) is 0.471. The van der Waals surface area contributed by atoms with E-state index in [4.69, 9.17) is 0 Å². The monoisotopic (exact) mass is 369 g/mol. The lowest BCUT2D eigenvalue weighted by Gasteiger charge is -2.21. The third-order valence-electron chi connectivity index (χ3n) is 3.75. The minimum absolute atomic E-state index is 0.00120. The van der Waals surface area contributed by atoms with Crippen molar-refractivity contribution in [2.75, 3.05) is 23.8 Å². The van der Waals surface area contributed by atoms with Gasteiger partial charge in [0.2, 0.25) is 5.95 Å². The molecule has 2 aromatic heterocycles. The van der Waals surface area contributed by atoms with Crippen LogP contribution in [0.2, 0.25) is 0 Å². The quantitative estimate of drug-likeness (QED) is 0.664. The van der Waals surface area contributed by atoms with Crippen molar-refractivity contribution in [3.63, 3.8) is 0 Å². The van der Waals surface area contributed by atoms with E-state index in [1.165, 1.54) is 0 Å². The summed E-state index contributed by atoms with van der Waals surface area (Å²) < 4.78 is 39.3. The summed E-state index contributed by atoms with van der Waals surface area (Å²) in [6.07, 6.45) is -2.39. The van der Waals surface area contributed by atoms with Gasteiger partial charge in [-0.1, -0.05) is 19.9 Å². The Kier molecular flexibility index (Phi) is 6.73. The molecular formula is C17H22F3N5O. The van der Waals surface area contributed by atoms with Gasteiger partial charge >= 0.3 is 6.18 Å². The van der Waals surface area contributed by atoms with E-state index in [-0.39, 0.29) is 24.3 Å². The van der Waals surface area contributed by atoms with Crippen LogP contribution in [0.4, 0.5) is 24.9 Å². The maximum absolute atomic E-state index is 13.1. The van der Waals surface area contributed by atoms with Crippen LogP contribution < -0.4 is 10.6 Å². The number of hydrogen-bond acceptors (Lipinski definition) is 6. The topological polar surface area (TPSA) is 83.0 Å². The Morgan fingerprint density at radius 1 is 1.19 bits per heavy atom. The summed E-state index contributed by atoms with van der Waals surface area (Å²) in [6, 6.07) is 5.90. The summed E-state index contributed by atoms with van der Waals surface area (Å²) in [5, 5.41) is 15.0. The number of anilines is 2. The number of aromatic nitrogens is 3. The zero-order valence-electron chi connectivity index (χ0n) is 14.6.